The van der Waals surface area contributed by atoms with Gasteiger partial charge in [-0.3, -0.25) is 9.88 Å². The van der Waals surface area contributed by atoms with Gasteiger partial charge in [0.25, 0.3) is 0 Å². The molecular weight excluding hydrogens is 394 g/mol. The van der Waals surface area contributed by atoms with Crippen LogP contribution < -0.4 is 10.2 Å². The number of ether oxygens (including phenoxy) is 1. The van der Waals surface area contributed by atoms with Gasteiger partial charge in [-0.2, -0.15) is 5.10 Å². The molecule has 9 heteroatoms. The summed E-state index contributed by atoms with van der Waals surface area (Å²) in [6.07, 6.45) is 6.64. The number of nitrogens with zero attached hydrogens (tertiary/aromatic N) is 6. The summed E-state index contributed by atoms with van der Waals surface area (Å²) in [6.45, 7) is 1.35. The van der Waals surface area contributed by atoms with Gasteiger partial charge >= 0.3 is 6.09 Å². The van der Waals surface area contributed by atoms with Gasteiger partial charge in [0.15, 0.2) is 5.82 Å². The van der Waals surface area contributed by atoms with E-state index in [0.717, 1.165) is 49.4 Å². The van der Waals surface area contributed by atoms with Crippen molar-refractivity contribution in [1.29, 1.82) is 0 Å². The number of rotatable bonds is 5. The number of anilines is 2. The molecule has 1 saturated heterocycles. The highest BCUT2D eigenvalue weighted by Crippen LogP contribution is 2.40. The lowest BCUT2D eigenvalue weighted by molar-refractivity contribution is 0.0148. The van der Waals surface area contributed by atoms with Crippen molar-refractivity contribution in [3.8, 4) is 11.4 Å². The molecule has 1 spiro atoms. The van der Waals surface area contributed by atoms with Crippen LogP contribution in [-0.4, -0.2) is 50.2 Å². The van der Waals surface area contributed by atoms with Crippen LogP contribution >= 0.6 is 0 Å². The molecule has 1 aliphatic carbocycles. The van der Waals surface area contributed by atoms with Crippen molar-refractivity contribution in [3.05, 3.63) is 54.9 Å². The number of amides is 1. The third-order valence-corrected chi connectivity index (χ3v) is 5.99. The van der Waals surface area contributed by atoms with Crippen molar-refractivity contribution >= 4 is 17.7 Å². The summed E-state index contributed by atoms with van der Waals surface area (Å²) in [7, 11) is 0. The van der Waals surface area contributed by atoms with Crippen molar-refractivity contribution in [2.45, 2.75) is 31.3 Å². The predicted molar refractivity (Wildman–Crippen MR) is 114 cm³/mol. The summed E-state index contributed by atoms with van der Waals surface area (Å²) in [5, 5.41) is 19.8. The molecule has 9 nitrogen and oxygen atoms in total. The molecule has 0 radical (unpaired) electrons. The van der Waals surface area contributed by atoms with E-state index >= 15 is 0 Å². The Morgan fingerprint density at radius 1 is 1.00 bits per heavy atom. The summed E-state index contributed by atoms with van der Waals surface area (Å²) in [5.74, 6) is 1.79. The van der Waals surface area contributed by atoms with Gasteiger partial charge in [-0.15, -0.1) is 15.3 Å². The number of carbonyl (C=O) groups is 1. The molecule has 0 atom stereocenters. The van der Waals surface area contributed by atoms with Gasteiger partial charge in [0.05, 0.1) is 12.2 Å². The van der Waals surface area contributed by atoms with Gasteiger partial charge in [0.1, 0.15) is 17.1 Å². The van der Waals surface area contributed by atoms with Gasteiger partial charge in [-0.1, -0.05) is 6.07 Å². The minimum atomic E-state index is -0.421. The van der Waals surface area contributed by atoms with E-state index in [1.54, 1.807) is 29.4 Å². The molecule has 0 bridgehead atoms. The fourth-order valence-electron chi connectivity index (χ4n) is 4.23. The van der Waals surface area contributed by atoms with Crippen LogP contribution in [-0.2, 0) is 4.74 Å². The lowest BCUT2D eigenvalue weighted by atomic mass is 9.78. The molecule has 158 valence electrons. The molecule has 1 saturated carbocycles. The minimum Gasteiger partial charge on any atom is -0.441 e. The highest BCUT2D eigenvalue weighted by molar-refractivity contribution is 5.89. The first kappa shape index (κ1) is 19.3. The third-order valence-electron chi connectivity index (χ3n) is 5.99. The van der Waals surface area contributed by atoms with E-state index in [9.17, 15) is 4.79 Å². The van der Waals surface area contributed by atoms with E-state index in [1.165, 1.54) is 0 Å². The predicted octanol–water partition coefficient (Wildman–Crippen LogP) is 3.33. The monoisotopic (exact) mass is 417 g/mol. The van der Waals surface area contributed by atoms with Crippen LogP contribution in [0.2, 0.25) is 0 Å². The number of hydrogen-bond acceptors (Lipinski definition) is 8. The molecule has 2 fully saturated rings. The summed E-state index contributed by atoms with van der Waals surface area (Å²) in [5.41, 5.74) is 1.14. The van der Waals surface area contributed by atoms with Crippen molar-refractivity contribution < 1.29 is 9.53 Å². The van der Waals surface area contributed by atoms with E-state index in [-0.39, 0.29) is 6.09 Å². The Kier molecular flexibility index (Phi) is 5.15. The Morgan fingerprint density at radius 3 is 2.61 bits per heavy atom. The van der Waals surface area contributed by atoms with E-state index in [4.69, 9.17) is 4.74 Å². The Morgan fingerprint density at radius 2 is 1.90 bits per heavy atom. The molecule has 0 aromatic carbocycles. The van der Waals surface area contributed by atoms with Crippen LogP contribution in [0.5, 0.6) is 0 Å². The Labute approximate surface area is 179 Å². The summed E-state index contributed by atoms with van der Waals surface area (Å²) in [4.78, 5) is 18.3. The maximum absolute atomic E-state index is 12.4. The Balaban J connectivity index is 1.14. The van der Waals surface area contributed by atoms with Crippen LogP contribution in [0.15, 0.2) is 54.9 Å². The van der Waals surface area contributed by atoms with Gasteiger partial charge in [-0.05, 0) is 68.0 Å². The van der Waals surface area contributed by atoms with Crippen LogP contribution in [0.4, 0.5) is 16.4 Å². The van der Waals surface area contributed by atoms with Gasteiger partial charge < -0.3 is 10.1 Å². The molecule has 4 heterocycles. The molecule has 1 aliphatic heterocycles. The first-order valence-corrected chi connectivity index (χ1v) is 10.5. The zero-order valence-corrected chi connectivity index (χ0v) is 17.0. The smallest absolute Gasteiger partial charge is 0.416 e. The Bertz CT molecular complexity index is 1020. The molecule has 1 N–H and O–H groups in total. The lowest BCUT2D eigenvalue weighted by Gasteiger charge is -2.35. The zero-order chi connectivity index (χ0) is 21.1. The van der Waals surface area contributed by atoms with E-state index < -0.39 is 5.60 Å². The van der Waals surface area contributed by atoms with Crippen molar-refractivity contribution in [2.24, 2.45) is 5.92 Å². The topological polar surface area (TPSA) is 106 Å². The van der Waals surface area contributed by atoms with Crippen molar-refractivity contribution in [1.82, 2.24) is 25.4 Å². The highest BCUT2D eigenvalue weighted by Gasteiger charge is 2.48. The number of hydrogen-bond donors (Lipinski definition) is 1. The fraction of sp³-hybridized carbons (Fsp3) is 0.364. The lowest BCUT2D eigenvalue weighted by Crippen LogP contribution is -2.39. The third kappa shape index (κ3) is 4.16. The van der Waals surface area contributed by atoms with Crippen molar-refractivity contribution in [2.75, 3.05) is 23.3 Å². The number of pyridine rings is 1. The maximum atomic E-state index is 12.4. The molecule has 1 amide bonds. The molecule has 2 aliphatic rings. The second-order valence-corrected chi connectivity index (χ2v) is 8.06. The van der Waals surface area contributed by atoms with Crippen molar-refractivity contribution in [3.63, 3.8) is 0 Å². The molecule has 3 aromatic rings. The van der Waals surface area contributed by atoms with Gasteiger partial charge in [-0.25, -0.2) is 4.79 Å². The standard InChI is InChI=1S/C22H23N7O2/c30-21-29(20-5-3-13-25-28-20)15-22(31-21)10-8-16(9-11-22)14-24-19-7-6-18(26-27-19)17-4-1-2-12-23-17/h1-7,12-13,16H,8-11,14-15H2,(H,24,27). The summed E-state index contributed by atoms with van der Waals surface area (Å²) >= 11 is 0. The first-order valence-electron chi connectivity index (χ1n) is 10.5. The zero-order valence-electron chi connectivity index (χ0n) is 17.0. The maximum Gasteiger partial charge on any atom is 0.416 e. The molecule has 3 aromatic heterocycles. The number of carbonyl (C=O) groups excluding carboxylic acids is 1. The molecule has 5 rings (SSSR count). The van der Waals surface area contributed by atoms with Crippen LogP contribution in [0.3, 0.4) is 0 Å². The van der Waals surface area contributed by atoms with Gasteiger partial charge in [0, 0.05) is 18.9 Å². The molecular formula is C22H23N7O2. The molecule has 0 unspecified atom stereocenters. The van der Waals surface area contributed by atoms with E-state index in [0.29, 0.717) is 18.3 Å². The van der Waals surface area contributed by atoms with Crippen LogP contribution in [0.1, 0.15) is 25.7 Å². The minimum absolute atomic E-state index is 0.333. The largest absolute Gasteiger partial charge is 0.441 e. The van der Waals surface area contributed by atoms with Crippen LogP contribution in [0.25, 0.3) is 11.4 Å². The fourth-order valence-corrected chi connectivity index (χ4v) is 4.23. The first-order chi connectivity index (χ1) is 15.2. The second-order valence-electron chi connectivity index (χ2n) is 8.06. The summed E-state index contributed by atoms with van der Waals surface area (Å²) < 4.78 is 5.79. The summed E-state index contributed by atoms with van der Waals surface area (Å²) in [6, 6.07) is 13.1. The van der Waals surface area contributed by atoms with Gasteiger partial charge in [0.2, 0.25) is 0 Å². The average molecular weight is 417 g/mol. The second kappa shape index (κ2) is 8.25. The normalized spacial score (nSPS) is 23.0. The molecule has 31 heavy (non-hydrogen) atoms. The van der Waals surface area contributed by atoms with Crippen LogP contribution in [0, 0.1) is 5.92 Å². The highest BCUT2D eigenvalue weighted by atomic mass is 16.6. The number of aromatic nitrogens is 5. The number of nitrogens with one attached hydrogen (secondary N) is 1. The Hall–Kier alpha value is -3.62. The van der Waals surface area contributed by atoms with E-state index in [2.05, 4.69) is 30.7 Å². The average Bonchev–Trinajstić information content (AvgIpc) is 3.16. The quantitative estimate of drug-likeness (QED) is 0.674. The SMILES string of the molecule is O=C1OC2(CCC(CNc3ccc(-c4ccccn4)nn3)CC2)CN1c1cccnn1. The van der Waals surface area contributed by atoms with E-state index in [1.807, 2.05) is 30.3 Å².